The predicted molar refractivity (Wildman–Crippen MR) is 191 cm³/mol. The van der Waals surface area contributed by atoms with Crippen LogP contribution in [0.3, 0.4) is 0 Å². The number of hydrogen-bond donors (Lipinski definition) is 0. The van der Waals surface area contributed by atoms with Crippen molar-refractivity contribution in [3.63, 3.8) is 0 Å². The largest absolute Gasteiger partial charge is 0.309 e. The van der Waals surface area contributed by atoms with Crippen molar-refractivity contribution in [3.05, 3.63) is 164 Å². The normalized spacial score (nSPS) is 12.0. The van der Waals surface area contributed by atoms with E-state index in [4.69, 9.17) is 0 Å². The zero-order valence-corrected chi connectivity index (χ0v) is 24.5. The number of benzene rings is 8. The van der Waals surface area contributed by atoms with Gasteiger partial charge in [0.25, 0.3) is 0 Å². The Morgan fingerprint density at radius 1 is 0.333 bits per heavy atom. The summed E-state index contributed by atoms with van der Waals surface area (Å²) in [6, 6.07) is 60.2. The van der Waals surface area contributed by atoms with Crippen molar-refractivity contribution in [2.75, 3.05) is 0 Å². The van der Waals surface area contributed by atoms with Gasteiger partial charge in [-0.15, -0.1) is 0 Å². The maximum atomic E-state index is 2.42. The lowest BCUT2D eigenvalue weighted by Crippen LogP contribution is -1.93. The molecule has 0 N–H and O–H groups in total. The van der Waals surface area contributed by atoms with Crippen LogP contribution < -0.4 is 0 Å². The highest BCUT2D eigenvalue weighted by Crippen LogP contribution is 2.49. The Morgan fingerprint density at radius 2 is 1.00 bits per heavy atom. The molecule has 8 aromatic carbocycles. The second kappa shape index (κ2) is 9.29. The van der Waals surface area contributed by atoms with Gasteiger partial charge in [-0.25, -0.2) is 0 Å². The van der Waals surface area contributed by atoms with E-state index in [9.17, 15) is 0 Å². The monoisotopic (exact) mass is 569 g/mol. The third kappa shape index (κ3) is 3.50. The molecule has 9 aromatic rings. The summed E-state index contributed by atoms with van der Waals surface area (Å²) in [5.41, 5.74) is 13.9. The molecule has 0 atom stereocenters. The van der Waals surface area contributed by atoms with E-state index in [-0.39, 0.29) is 0 Å². The van der Waals surface area contributed by atoms with E-state index in [0.717, 1.165) is 0 Å². The van der Waals surface area contributed by atoms with Crippen molar-refractivity contribution in [2.45, 2.75) is 0 Å². The lowest BCUT2D eigenvalue weighted by molar-refractivity contribution is 1.18. The van der Waals surface area contributed by atoms with Gasteiger partial charge in [0.05, 0.1) is 11.0 Å². The fourth-order valence-corrected chi connectivity index (χ4v) is 7.79. The molecule has 0 unspecified atom stereocenters. The standard InChI is InChI=1S/C44H27N/c1-2-16-33(17-3-1)45-40-23-9-8-21-38(40)44-41(45)27-29-12-4-5-18-34(29)43(44)31-14-10-13-28(24-31)32-25-30-15-11-22-37-35-19-6-7-20-36(35)39(26-32)42(30)37/h1-27H. The van der Waals surface area contributed by atoms with Gasteiger partial charge in [0.15, 0.2) is 0 Å². The molecule has 1 nitrogen and oxygen atoms in total. The van der Waals surface area contributed by atoms with Crippen molar-refractivity contribution in [1.82, 2.24) is 4.57 Å². The van der Waals surface area contributed by atoms with Crippen LogP contribution in [0.25, 0.3) is 93.5 Å². The molecule has 1 heterocycles. The third-order valence-corrected chi connectivity index (χ3v) is 9.67. The number of nitrogens with zero attached hydrogens (tertiary/aromatic N) is 1. The minimum atomic E-state index is 1.17. The summed E-state index contributed by atoms with van der Waals surface area (Å²) in [7, 11) is 0. The van der Waals surface area contributed by atoms with Crippen LogP contribution in [0.4, 0.5) is 0 Å². The Balaban J connectivity index is 1.26. The molecular formula is C44H27N. The highest BCUT2D eigenvalue weighted by atomic mass is 15.0. The van der Waals surface area contributed by atoms with E-state index in [1.54, 1.807) is 0 Å². The Kier molecular flexibility index (Phi) is 5.06. The van der Waals surface area contributed by atoms with Crippen LogP contribution in [0.15, 0.2) is 164 Å². The molecule has 0 spiro atoms. The minimum Gasteiger partial charge on any atom is -0.309 e. The average Bonchev–Trinajstić information content (AvgIpc) is 3.61. The van der Waals surface area contributed by atoms with E-state index in [2.05, 4.69) is 168 Å². The van der Waals surface area contributed by atoms with Crippen LogP contribution in [0.2, 0.25) is 0 Å². The van der Waals surface area contributed by atoms with Gasteiger partial charge < -0.3 is 4.57 Å². The molecule has 1 aromatic heterocycles. The Morgan fingerprint density at radius 3 is 1.89 bits per heavy atom. The van der Waals surface area contributed by atoms with Crippen LogP contribution in [0, 0.1) is 0 Å². The first-order chi connectivity index (χ1) is 22.3. The van der Waals surface area contributed by atoms with Crippen LogP contribution in [-0.2, 0) is 0 Å². The van der Waals surface area contributed by atoms with Crippen LogP contribution >= 0.6 is 0 Å². The smallest absolute Gasteiger partial charge is 0.0553 e. The highest BCUT2D eigenvalue weighted by Gasteiger charge is 2.23. The maximum absolute atomic E-state index is 2.42. The van der Waals surface area contributed by atoms with Gasteiger partial charge in [0.1, 0.15) is 0 Å². The number of aromatic nitrogens is 1. The molecule has 1 aliphatic carbocycles. The third-order valence-electron chi connectivity index (χ3n) is 9.67. The first-order valence-corrected chi connectivity index (χ1v) is 15.6. The van der Waals surface area contributed by atoms with Gasteiger partial charge in [0, 0.05) is 16.5 Å². The summed E-state index contributed by atoms with van der Waals surface area (Å²) >= 11 is 0. The molecule has 0 radical (unpaired) electrons. The van der Waals surface area contributed by atoms with Gasteiger partial charge >= 0.3 is 0 Å². The van der Waals surface area contributed by atoms with E-state index >= 15 is 0 Å². The number of para-hydroxylation sites is 2. The number of rotatable bonds is 3. The molecule has 0 saturated heterocycles. The molecule has 0 bridgehead atoms. The van der Waals surface area contributed by atoms with Crippen LogP contribution in [0.1, 0.15) is 0 Å². The fraction of sp³-hybridized carbons (Fsp3) is 0. The second-order valence-electron chi connectivity index (χ2n) is 12.1. The summed E-state index contributed by atoms with van der Waals surface area (Å²) in [5, 5.41) is 7.73. The van der Waals surface area contributed by atoms with Crippen molar-refractivity contribution in [3.8, 4) is 50.2 Å². The molecule has 1 heteroatoms. The van der Waals surface area contributed by atoms with E-state index in [1.165, 1.54) is 93.5 Å². The summed E-state index contributed by atoms with van der Waals surface area (Å²) in [6.07, 6.45) is 0. The molecule has 1 aliphatic rings. The second-order valence-corrected chi connectivity index (χ2v) is 12.1. The van der Waals surface area contributed by atoms with E-state index in [0.29, 0.717) is 0 Å². The predicted octanol–water partition coefficient (Wildman–Crippen LogP) is 12.1. The number of hydrogen-bond acceptors (Lipinski definition) is 0. The Labute approximate surface area is 261 Å². The molecule has 10 rings (SSSR count). The summed E-state index contributed by atoms with van der Waals surface area (Å²) in [6.45, 7) is 0. The van der Waals surface area contributed by atoms with Crippen LogP contribution in [-0.4, -0.2) is 4.57 Å². The maximum Gasteiger partial charge on any atom is 0.0553 e. The zero-order chi connectivity index (χ0) is 29.5. The molecule has 0 amide bonds. The van der Waals surface area contributed by atoms with Crippen molar-refractivity contribution >= 4 is 43.4 Å². The van der Waals surface area contributed by atoms with E-state index in [1.807, 2.05) is 0 Å². The summed E-state index contributed by atoms with van der Waals surface area (Å²) < 4.78 is 2.42. The molecule has 208 valence electrons. The molecule has 0 aliphatic heterocycles. The topological polar surface area (TPSA) is 4.93 Å². The van der Waals surface area contributed by atoms with Gasteiger partial charge in [-0.1, -0.05) is 121 Å². The summed E-state index contributed by atoms with van der Waals surface area (Å²) in [4.78, 5) is 0. The quantitative estimate of drug-likeness (QED) is 0.199. The lowest BCUT2D eigenvalue weighted by atomic mass is 9.90. The molecule has 0 saturated carbocycles. The highest BCUT2D eigenvalue weighted by molar-refractivity contribution is 6.23. The number of fused-ring (bicyclic) bond motifs is 7. The van der Waals surface area contributed by atoms with Gasteiger partial charge in [0.2, 0.25) is 0 Å². The molecule has 45 heavy (non-hydrogen) atoms. The van der Waals surface area contributed by atoms with Crippen molar-refractivity contribution in [2.24, 2.45) is 0 Å². The lowest BCUT2D eigenvalue weighted by Gasteiger charge is -2.14. The fourth-order valence-electron chi connectivity index (χ4n) is 7.79. The molecule has 0 fully saturated rings. The Bertz CT molecular complexity index is 2640. The van der Waals surface area contributed by atoms with Gasteiger partial charge in [-0.05, 0) is 109 Å². The van der Waals surface area contributed by atoms with Crippen molar-refractivity contribution < 1.29 is 0 Å². The SMILES string of the molecule is c1ccc(-n2c3ccccc3c3c(-c4cccc(-c5cc6c7c(cccc7c5)-c5ccccc5-6)c4)c4ccccc4cc32)cc1. The molecular weight excluding hydrogens is 542 g/mol. The van der Waals surface area contributed by atoms with Crippen LogP contribution in [0.5, 0.6) is 0 Å². The summed E-state index contributed by atoms with van der Waals surface area (Å²) in [5.74, 6) is 0. The van der Waals surface area contributed by atoms with Crippen molar-refractivity contribution in [1.29, 1.82) is 0 Å². The Hall–Kier alpha value is -5.92. The average molecular weight is 570 g/mol. The van der Waals surface area contributed by atoms with E-state index < -0.39 is 0 Å². The first-order valence-electron chi connectivity index (χ1n) is 15.6. The van der Waals surface area contributed by atoms with Gasteiger partial charge in [-0.2, -0.15) is 0 Å². The van der Waals surface area contributed by atoms with Gasteiger partial charge in [-0.3, -0.25) is 0 Å². The minimum absolute atomic E-state index is 1.17. The zero-order valence-electron chi connectivity index (χ0n) is 24.5. The first kappa shape index (κ1) is 24.5.